The van der Waals surface area contributed by atoms with Crippen molar-refractivity contribution in [3.8, 4) is 0 Å². The van der Waals surface area contributed by atoms with Gasteiger partial charge in [0.2, 0.25) is 0 Å². The van der Waals surface area contributed by atoms with Crippen molar-refractivity contribution in [2.45, 2.75) is 0 Å². The Morgan fingerprint density at radius 1 is 1.17 bits per heavy atom. The molecule has 0 atom stereocenters. The van der Waals surface area contributed by atoms with E-state index in [0.717, 1.165) is 0 Å². The van der Waals surface area contributed by atoms with Crippen molar-refractivity contribution >= 4 is 9.53 Å². The first-order valence-electron chi connectivity index (χ1n) is 1.25. The van der Waals surface area contributed by atoms with Crippen molar-refractivity contribution in [3.05, 3.63) is 0 Å². The molecule has 0 aliphatic heterocycles. The first-order chi connectivity index (χ1) is 2.91. The summed E-state index contributed by atoms with van der Waals surface area (Å²) >= 11 is 2.22. The second kappa shape index (κ2) is 16.9. The van der Waals surface area contributed by atoms with E-state index in [0.29, 0.717) is 0 Å². The van der Waals surface area contributed by atoms with Gasteiger partial charge < -0.3 is 10.2 Å². The van der Waals surface area contributed by atoms with Crippen LogP contribution in [0.1, 0.15) is 0 Å². The molecule has 0 aliphatic rings. The summed E-state index contributed by atoms with van der Waals surface area (Å²) in [5.74, 6) is 0. The third-order valence-corrected chi connectivity index (χ3v) is 0.1000. The Morgan fingerprint density at radius 2 is 1.33 bits per heavy atom. The van der Waals surface area contributed by atoms with E-state index in [9.17, 15) is 0 Å². The number of hydrogen-bond donors (Lipinski definition) is 2. The van der Waals surface area contributed by atoms with E-state index in [4.69, 9.17) is 10.2 Å². The number of aliphatic hydroxyl groups is 2. The minimum atomic E-state index is -0.125. The van der Waals surface area contributed by atoms with Crippen molar-refractivity contribution in [1.82, 2.24) is 0 Å². The molecule has 0 aromatic carbocycles. The third kappa shape index (κ3) is 20.8. The number of halogens is 1. The Morgan fingerprint density at radius 3 is 1.33 bits per heavy atom. The van der Waals surface area contributed by atoms with Gasteiger partial charge in [0, 0.05) is 0 Å². The third-order valence-electron chi connectivity index (χ3n) is 0.1000. The summed E-state index contributed by atoms with van der Waals surface area (Å²) in [7, 11) is 4.49. The standard InChI is InChI=1S/C2H6O2.ClH.Pd/c3-1-2-4;;/h3-4H,1-2H2;1H;/q;;+1/p-1. The van der Waals surface area contributed by atoms with Gasteiger partial charge in [0.15, 0.2) is 0 Å². The van der Waals surface area contributed by atoms with Gasteiger partial charge in [-0.15, -0.1) is 0 Å². The Bertz CT molecular complexity index is 13.5. The second-order valence-electron chi connectivity index (χ2n) is 0.447. The zero-order chi connectivity index (χ0) is 5.41. The minimum absolute atomic E-state index is 0.125. The van der Waals surface area contributed by atoms with Gasteiger partial charge in [-0.1, -0.05) is 0 Å². The van der Waals surface area contributed by atoms with Gasteiger partial charge in [-0.05, 0) is 0 Å². The van der Waals surface area contributed by atoms with E-state index in [1.54, 1.807) is 0 Å². The molecule has 0 bridgehead atoms. The Kier molecular flexibility index (Phi) is 28.1. The van der Waals surface area contributed by atoms with Gasteiger partial charge in [0.05, 0.1) is 13.2 Å². The molecule has 0 radical (unpaired) electrons. The molecule has 0 spiro atoms. The van der Waals surface area contributed by atoms with E-state index in [1.807, 2.05) is 0 Å². The zero-order valence-corrected chi connectivity index (χ0v) is 5.31. The molecule has 0 saturated heterocycles. The molecule has 0 amide bonds. The normalized spacial score (nSPS) is 6.17. The Balaban J connectivity index is 0. The Labute approximate surface area is 51.5 Å². The molecule has 43 valence electrons. The van der Waals surface area contributed by atoms with Gasteiger partial charge >= 0.3 is 27.7 Å². The molecule has 0 unspecified atom stereocenters. The number of rotatable bonds is 1. The van der Waals surface area contributed by atoms with Crippen LogP contribution in [0.2, 0.25) is 0 Å². The molecule has 4 heteroatoms. The monoisotopic (exact) mass is 203 g/mol. The number of hydrogen-bond acceptors (Lipinski definition) is 2. The molecule has 0 aromatic heterocycles. The molecule has 0 fully saturated rings. The summed E-state index contributed by atoms with van der Waals surface area (Å²) in [5, 5.41) is 15.2. The SMILES string of the molecule is OCCO.[Cl][Pd]. The van der Waals surface area contributed by atoms with Crippen LogP contribution in [-0.4, -0.2) is 23.4 Å². The predicted molar refractivity (Wildman–Crippen MR) is 20.0 cm³/mol. The van der Waals surface area contributed by atoms with Crippen LogP contribution in [0.25, 0.3) is 0 Å². The molecule has 0 aromatic rings. The predicted octanol–water partition coefficient (Wildman–Crippen LogP) is -0.342. The number of aliphatic hydroxyl groups excluding tert-OH is 2. The fraction of sp³-hybridized carbons (Fsp3) is 1.00. The van der Waals surface area contributed by atoms with Crippen LogP contribution in [-0.2, 0) is 18.2 Å². The molecule has 0 heterocycles. The van der Waals surface area contributed by atoms with Gasteiger partial charge in [-0.3, -0.25) is 0 Å². The first kappa shape index (κ1) is 9.98. The summed E-state index contributed by atoms with van der Waals surface area (Å²) < 4.78 is 0. The van der Waals surface area contributed by atoms with Gasteiger partial charge in [-0.25, -0.2) is 0 Å². The summed E-state index contributed by atoms with van der Waals surface area (Å²) in [6.07, 6.45) is 0. The molecular weight excluding hydrogens is 198 g/mol. The van der Waals surface area contributed by atoms with Crippen LogP contribution in [0.4, 0.5) is 0 Å². The maximum atomic E-state index is 7.62. The topological polar surface area (TPSA) is 40.5 Å². The maximum absolute atomic E-state index is 7.62. The first-order valence-corrected chi connectivity index (χ1v) is 3.25. The molecule has 2 nitrogen and oxygen atoms in total. The van der Waals surface area contributed by atoms with Crippen LogP contribution >= 0.6 is 9.53 Å². The zero-order valence-electron chi connectivity index (χ0n) is 3.00. The van der Waals surface area contributed by atoms with Crippen LogP contribution in [0.3, 0.4) is 0 Å². The molecule has 2 N–H and O–H groups in total. The van der Waals surface area contributed by atoms with E-state index in [-0.39, 0.29) is 13.2 Å². The van der Waals surface area contributed by atoms with Crippen molar-refractivity contribution in [1.29, 1.82) is 0 Å². The van der Waals surface area contributed by atoms with Gasteiger partial charge in [-0.2, -0.15) is 0 Å². The average molecular weight is 204 g/mol. The fourth-order valence-corrected chi connectivity index (χ4v) is 0. The molecule has 6 heavy (non-hydrogen) atoms. The molecule has 0 rings (SSSR count). The van der Waals surface area contributed by atoms with Gasteiger partial charge in [0.25, 0.3) is 0 Å². The van der Waals surface area contributed by atoms with Crippen molar-refractivity contribution in [3.63, 3.8) is 0 Å². The van der Waals surface area contributed by atoms with Crippen molar-refractivity contribution in [2.24, 2.45) is 0 Å². The molecule has 0 aliphatic carbocycles. The van der Waals surface area contributed by atoms with Crippen molar-refractivity contribution in [2.75, 3.05) is 13.2 Å². The van der Waals surface area contributed by atoms with E-state index >= 15 is 0 Å². The van der Waals surface area contributed by atoms with Gasteiger partial charge in [0.1, 0.15) is 0 Å². The summed E-state index contributed by atoms with van der Waals surface area (Å²) in [6.45, 7) is -0.250. The van der Waals surface area contributed by atoms with E-state index < -0.39 is 0 Å². The summed E-state index contributed by atoms with van der Waals surface area (Å²) in [5.41, 5.74) is 0. The van der Waals surface area contributed by atoms with Crippen LogP contribution in [0, 0.1) is 0 Å². The molecular formula is C2H6ClO2Pd. The van der Waals surface area contributed by atoms with Crippen LogP contribution < -0.4 is 0 Å². The van der Waals surface area contributed by atoms with Crippen molar-refractivity contribution < 1.29 is 28.4 Å². The fourth-order valence-electron chi connectivity index (χ4n) is 0. The summed E-state index contributed by atoms with van der Waals surface area (Å²) in [4.78, 5) is 0. The second-order valence-corrected chi connectivity index (χ2v) is 0.447. The average Bonchev–Trinajstić information content (AvgIpc) is 1.72. The molecule has 0 saturated carbocycles. The van der Waals surface area contributed by atoms with E-state index in [1.165, 1.54) is 0 Å². The quantitative estimate of drug-likeness (QED) is 0.573. The van der Waals surface area contributed by atoms with Crippen LogP contribution in [0.15, 0.2) is 0 Å². The van der Waals surface area contributed by atoms with Crippen LogP contribution in [0.5, 0.6) is 0 Å². The van der Waals surface area contributed by atoms with E-state index in [2.05, 4.69) is 27.7 Å². The summed E-state index contributed by atoms with van der Waals surface area (Å²) in [6, 6.07) is 0. The Hall–Kier alpha value is 0.872.